The lowest BCUT2D eigenvalue weighted by atomic mass is 10.3. The van der Waals surface area contributed by atoms with Gasteiger partial charge in [-0.2, -0.15) is 0 Å². The smallest absolute Gasteiger partial charge is 0.263 e. The van der Waals surface area contributed by atoms with E-state index in [0.29, 0.717) is 10.2 Å². The van der Waals surface area contributed by atoms with Crippen LogP contribution in [0.5, 0.6) is 0 Å². The predicted octanol–water partition coefficient (Wildman–Crippen LogP) is 4.06. The van der Waals surface area contributed by atoms with Gasteiger partial charge >= 0.3 is 0 Å². The van der Waals surface area contributed by atoms with Gasteiger partial charge in [-0.05, 0) is 46.3 Å². The van der Waals surface area contributed by atoms with Crippen LogP contribution in [0.1, 0.15) is 0 Å². The zero-order valence-corrected chi connectivity index (χ0v) is 14.0. The molecule has 2 aromatic rings. The highest BCUT2D eigenvalue weighted by atomic mass is 79.9. The standard InChI is InChI=1S/C11H7Br2ClN2O2S/c12-7-1-3-8(4-2-7)16-19(17,18)9-5-10(13)11(14)15-6-9/h1-6,16H. The van der Waals surface area contributed by atoms with Crippen molar-refractivity contribution in [2.24, 2.45) is 0 Å². The van der Waals surface area contributed by atoms with Crippen molar-refractivity contribution >= 4 is 59.2 Å². The number of hydrogen-bond donors (Lipinski definition) is 1. The van der Waals surface area contributed by atoms with Crippen molar-refractivity contribution in [3.8, 4) is 0 Å². The first-order valence-electron chi connectivity index (χ1n) is 4.98. The molecule has 4 nitrogen and oxygen atoms in total. The number of benzene rings is 1. The Morgan fingerprint density at radius 1 is 1.16 bits per heavy atom. The van der Waals surface area contributed by atoms with E-state index in [1.165, 1.54) is 12.3 Å². The Kier molecular flexibility index (Phi) is 4.50. The molecule has 19 heavy (non-hydrogen) atoms. The number of nitrogens with one attached hydrogen (secondary N) is 1. The first kappa shape index (κ1) is 14.8. The predicted molar refractivity (Wildman–Crippen MR) is 81.9 cm³/mol. The molecule has 0 aliphatic rings. The number of hydrogen-bond acceptors (Lipinski definition) is 3. The molecule has 0 saturated heterocycles. The topological polar surface area (TPSA) is 59.1 Å². The zero-order chi connectivity index (χ0) is 14.0. The molecule has 0 spiro atoms. The zero-order valence-electron chi connectivity index (χ0n) is 9.27. The number of aromatic nitrogens is 1. The maximum absolute atomic E-state index is 12.1. The van der Waals surface area contributed by atoms with Crippen LogP contribution in [0.25, 0.3) is 0 Å². The molecule has 0 bridgehead atoms. The maximum atomic E-state index is 12.1. The average Bonchev–Trinajstić information content (AvgIpc) is 2.35. The fraction of sp³-hybridized carbons (Fsp3) is 0. The van der Waals surface area contributed by atoms with Gasteiger partial charge in [0.15, 0.2) is 0 Å². The Morgan fingerprint density at radius 3 is 2.37 bits per heavy atom. The van der Waals surface area contributed by atoms with E-state index in [1.54, 1.807) is 24.3 Å². The largest absolute Gasteiger partial charge is 0.280 e. The second-order valence-electron chi connectivity index (χ2n) is 3.56. The fourth-order valence-electron chi connectivity index (χ4n) is 1.28. The van der Waals surface area contributed by atoms with E-state index in [0.717, 1.165) is 4.47 Å². The summed E-state index contributed by atoms with van der Waals surface area (Å²) < 4.78 is 28.0. The van der Waals surface area contributed by atoms with Crippen LogP contribution < -0.4 is 4.72 Å². The normalized spacial score (nSPS) is 11.3. The SMILES string of the molecule is O=S(=O)(Nc1ccc(Br)cc1)c1cnc(Cl)c(Br)c1. The van der Waals surface area contributed by atoms with Gasteiger partial charge in [0, 0.05) is 16.4 Å². The Balaban J connectivity index is 2.32. The Bertz CT molecular complexity index is 705. The van der Waals surface area contributed by atoms with Crippen molar-refractivity contribution in [2.45, 2.75) is 4.90 Å². The highest BCUT2D eigenvalue weighted by Crippen LogP contribution is 2.24. The number of nitrogens with zero attached hydrogens (tertiary/aromatic N) is 1. The Morgan fingerprint density at radius 2 is 1.79 bits per heavy atom. The molecule has 2 rings (SSSR count). The number of halogens is 3. The molecule has 0 aliphatic carbocycles. The lowest BCUT2D eigenvalue weighted by molar-refractivity contribution is 0.600. The van der Waals surface area contributed by atoms with Gasteiger partial charge in [0.2, 0.25) is 0 Å². The molecule has 0 amide bonds. The van der Waals surface area contributed by atoms with Crippen molar-refractivity contribution in [2.75, 3.05) is 4.72 Å². The molecule has 8 heteroatoms. The molecule has 1 aromatic carbocycles. The van der Waals surface area contributed by atoms with Crippen LogP contribution in [-0.4, -0.2) is 13.4 Å². The first-order valence-corrected chi connectivity index (χ1v) is 8.42. The second-order valence-corrected chi connectivity index (χ2v) is 7.37. The highest BCUT2D eigenvalue weighted by Gasteiger charge is 2.16. The Labute approximate surface area is 132 Å². The van der Waals surface area contributed by atoms with Crippen LogP contribution in [0.3, 0.4) is 0 Å². The van der Waals surface area contributed by atoms with E-state index >= 15 is 0 Å². The van der Waals surface area contributed by atoms with E-state index in [9.17, 15) is 8.42 Å². The van der Waals surface area contributed by atoms with Gasteiger partial charge in [-0.25, -0.2) is 13.4 Å². The van der Waals surface area contributed by atoms with Crippen molar-refractivity contribution in [1.82, 2.24) is 4.98 Å². The molecule has 0 aliphatic heterocycles. The van der Waals surface area contributed by atoms with E-state index in [4.69, 9.17) is 11.6 Å². The van der Waals surface area contributed by atoms with Crippen LogP contribution in [0.15, 0.2) is 50.4 Å². The lowest BCUT2D eigenvalue weighted by Crippen LogP contribution is -2.13. The molecule has 100 valence electrons. The summed E-state index contributed by atoms with van der Waals surface area (Å²) in [5, 5.41) is 0.211. The van der Waals surface area contributed by atoms with Crippen LogP contribution in [0, 0.1) is 0 Å². The maximum Gasteiger partial charge on any atom is 0.263 e. The van der Waals surface area contributed by atoms with Gasteiger partial charge in [-0.15, -0.1) is 0 Å². The molecule has 0 atom stereocenters. The third-order valence-electron chi connectivity index (χ3n) is 2.18. The number of sulfonamides is 1. The number of pyridine rings is 1. The second kappa shape index (κ2) is 5.78. The molecule has 1 heterocycles. The summed E-state index contributed by atoms with van der Waals surface area (Å²) in [5.41, 5.74) is 0.467. The summed E-state index contributed by atoms with van der Waals surface area (Å²) in [6, 6.07) is 8.19. The van der Waals surface area contributed by atoms with Crippen molar-refractivity contribution in [1.29, 1.82) is 0 Å². The minimum atomic E-state index is -3.68. The third kappa shape index (κ3) is 3.68. The Hall–Kier alpha value is -0.630. The molecule has 1 aromatic heterocycles. The third-order valence-corrected chi connectivity index (χ3v) is 5.19. The minimum absolute atomic E-state index is 0.0340. The molecular weight excluding hydrogens is 419 g/mol. The molecule has 0 radical (unpaired) electrons. The monoisotopic (exact) mass is 424 g/mol. The van der Waals surface area contributed by atoms with Gasteiger partial charge in [0.05, 0.1) is 4.47 Å². The summed E-state index contributed by atoms with van der Waals surface area (Å²) in [4.78, 5) is 3.83. The van der Waals surface area contributed by atoms with Crippen LogP contribution in [0.4, 0.5) is 5.69 Å². The summed E-state index contributed by atoms with van der Waals surface area (Å²) >= 11 is 12.1. The van der Waals surface area contributed by atoms with E-state index in [-0.39, 0.29) is 10.0 Å². The van der Waals surface area contributed by atoms with E-state index < -0.39 is 10.0 Å². The molecular formula is C11H7Br2ClN2O2S. The van der Waals surface area contributed by atoms with Crippen LogP contribution >= 0.6 is 43.5 Å². The van der Waals surface area contributed by atoms with E-state index in [2.05, 4.69) is 41.6 Å². The number of rotatable bonds is 3. The van der Waals surface area contributed by atoms with Gasteiger partial charge in [0.25, 0.3) is 10.0 Å². The van der Waals surface area contributed by atoms with Crippen LogP contribution in [0.2, 0.25) is 5.15 Å². The molecule has 0 unspecified atom stereocenters. The van der Waals surface area contributed by atoms with Gasteiger partial charge < -0.3 is 0 Å². The van der Waals surface area contributed by atoms with Crippen molar-refractivity contribution in [3.63, 3.8) is 0 Å². The van der Waals surface area contributed by atoms with Gasteiger partial charge in [-0.1, -0.05) is 27.5 Å². The van der Waals surface area contributed by atoms with Crippen molar-refractivity contribution < 1.29 is 8.42 Å². The fourth-order valence-corrected chi connectivity index (χ4v) is 3.18. The summed E-state index contributed by atoms with van der Waals surface area (Å²) in [6.07, 6.45) is 1.20. The van der Waals surface area contributed by atoms with Crippen molar-refractivity contribution in [3.05, 3.63) is 50.6 Å². The highest BCUT2D eigenvalue weighted by molar-refractivity contribution is 9.10. The molecule has 1 N–H and O–H groups in total. The molecule has 0 saturated carbocycles. The summed E-state index contributed by atoms with van der Waals surface area (Å²) in [5.74, 6) is 0. The average molecular weight is 427 g/mol. The minimum Gasteiger partial charge on any atom is -0.280 e. The summed E-state index contributed by atoms with van der Waals surface area (Å²) in [7, 11) is -3.68. The van der Waals surface area contributed by atoms with Gasteiger partial charge in [0.1, 0.15) is 10.0 Å². The summed E-state index contributed by atoms with van der Waals surface area (Å²) in [6.45, 7) is 0. The molecule has 0 fully saturated rings. The lowest BCUT2D eigenvalue weighted by Gasteiger charge is -2.08. The quantitative estimate of drug-likeness (QED) is 0.753. The van der Waals surface area contributed by atoms with Gasteiger partial charge in [-0.3, -0.25) is 4.72 Å². The van der Waals surface area contributed by atoms with E-state index in [1.807, 2.05) is 0 Å². The van der Waals surface area contributed by atoms with Crippen LogP contribution in [-0.2, 0) is 10.0 Å². The number of anilines is 1. The first-order chi connectivity index (χ1) is 8.88.